The van der Waals surface area contributed by atoms with Gasteiger partial charge in [0.1, 0.15) is 31.8 Å². The molecule has 13 rings (SSSR count). The smallest absolute Gasteiger partial charge is 0.285 e. The lowest BCUT2D eigenvalue weighted by Crippen LogP contribution is -1.87. The zero-order valence-electron chi connectivity index (χ0n) is 47.9. The largest absolute Gasteiger partial charge is 0.453 e. The van der Waals surface area contributed by atoms with Crippen LogP contribution in [0.2, 0.25) is 0 Å². The summed E-state index contributed by atoms with van der Waals surface area (Å²) in [7, 11) is 0. The number of hydrogen-bond acceptors (Lipinski definition) is 16. The van der Waals surface area contributed by atoms with Gasteiger partial charge in [0.2, 0.25) is 0 Å². The van der Waals surface area contributed by atoms with Gasteiger partial charge in [-0.1, -0.05) is 125 Å². The second kappa shape index (κ2) is 26.6. The van der Waals surface area contributed by atoms with Crippen LogP contribution in [0.1, 0.15) is 112 Å². The molecular formula is C68H60N2O8S8. The van der Waals surface area contributed by atoms with Crippen LogP contribution in [0.25, 0.3) is 121 Å². The summed E-state index contributed by atoms with van der Waals surface area (Å²) in [5.41, 5.74) is 2.38. The van der Waals surface area contributed by atoms with E-state index >= 15 is 0 Å². The SMILES string of the molecule is CCCCCCCCSC1=NC(=O)/C(=C/c2ccc(-c3ccc(-c4ccc(-c5cc6c(-c7ccc(C)s7)c7sc(-c8ccc(-c9ccc(-c%10ccc(/C=C%11\SC(SCCCCCCCC)=NC%11=O)o%10)o9)o8)cc7c(-c7ccc(C)s7)c6s5)o4)o3)o2)S1. The van der Waals surface area contributed by atoms with Crippen LogP contribution in [0, 0.1) is 13.8 Å². The minimum absolute atomic E-state index is 0.231. The Bertz CT molecular complexity index is 4060. The quantitative estimate of drug-likeness (QED) is 0.0420. The number of rotatable bonds is 24. The number of nitrogens with zero attached hydrogens (tertiary/aromatic N) is 2. The van der Waals surface area contributed by atoms with Gasteiger partial charge in [0.25, 0.3) is 11.8 Å². The Balaban J connectivity index is 0.730. The number of carbonyl (C=O) groups excluding carboxylic acids is 2. The van der Waals surface area contributed by atoms with E-state index in [1.807, 2.05) is 72.8 Å². The second-order valence-corrected chi connectivity index (χ2v) is 30.6. The van der Waals surface area contributed by atoms with E-state index in [9.17, 15) is 9.59 Å². The Labute approximate surface area is 531 Å². The van der Waals surface area contributed by atoms with Gasteiger partial charge in [-0.25, -0.2) is 0 Å². The molecule has 0 spiro atoms. The van der Waals surface area contributed by atoms with Crippen LogP contribution in [0.5, 0.6) is 0 Å². The van der Waals surface area contributed by atoms with Crippen molar-refractivity contribution in [1.29, 1.82) is 0 Å². The van der Waals surface area contributed by atoms with Crippen molar-refractivity contribution in [3.63, 3.8) is 0 Å². The Morgan fingerprint density at radius 3 is 1.13 bits per heavy atom. The maximum absolute atomic E-state index is 12.8. The molecule has 86 heavy (non-hydrogen) atoms. The van der Waals surface area contributed by atoms with Gasteiger partial charge < -0.3 is 26.5 Å². The predicted molar refractivity (Wildman–Crippen MR) is 367 cm³/mol. The van der Waals surface area contributed by atoms with Crippen molar-refractivity contribution < 1.29 is 36.1 Å². The Kier molecular flexibility index (Phi) is 18.2. The first kappa shape index (κ1) is 58.8. The van der Waals surface area contributed by atoms with E-state index in [0.29, 0.717) is 67.4 Å². The summed E-state index contributed by atoms with van der Waals surface area (Å²) in [5, 5.41) is 2.32. The molecule has 0 N–H and O–H groups in total. The molecule has 0 atom stereocenters. The van der Waals surface area contributed by atoms with Crippen LogP contribution in [0.4, 0.5) is 0 Å². The fourth-order valence-electron chi connectivity index (χ4n) is 10.4. The van der Waals surface area contributed by atoms with Crippen molar-refractivity contribution in [1.82, 2.24) is 0 Å². The van der Waals surface area contributed by atoms with Crippen molar-refractivity contribution in [2.75, 3.05) is 11.5 Å². The highest BCUT2D eigenvalue weighted by atomic mass is 32.2. The van der Waals surface area contributed by atoms with Crippen molar-refractivity contribution >= 4 is 145 Å². The fourth-order valence-corrected chi connectivity index (χ4v) is 18.9. The molecular weight excluding hydrogens is 1230 g/mol. The van der Waals surface area contributed by atoms with E-state index in [1.54, 1.807) is 81.0 Å². The van der Waals surface area contributed by atoms with E-state index in [2.05, 4.69) is 74.1 Å². The van der Waals surface area contributed by atoms with Crippen LogP contribution < -0.4 is 0 Å². The van der Waals surface area contributed by atoms with E-state index in [0.717, 1.165) is 65.1 Å². The van der Waals surface area contributed by atoms with Crippen LogP contribution in [0.15, 0.2) is 155 Å². The van der Waals surface area contributed by atoms with E-state index in [1.165, 1.54) is 128 Å². The number of carbonyl (C=O) groups is 2. The number of unbranched alkanes of at least 4 members (excludes halogenated alkanes) is 10. The lowest BCUT2D eigenvalue weighted by atomic mass is 9.99. The number of aryl methyl sites for hydroxylation is 2. The number of aliphatic imine (C=N–C) groups is 2. The molecule has 18 heteroatoms. The maximum Gasteiger partial charge on any atom is 0.285 e. The van der Waals surface area contributed by atoms with Gasteiger partial charge >= 0.3 is 0 Å². The summed E-state index contributed by atoms with van der Waals surface area (Å²) >= 11 is 13.2. The number of hydrogen-bond donors (Lipinski definition) is 0. The lowest BCUT2D eigenvalue weighted by molar-refractivity contribution is -0.114. The van der Waals surface area contributed by atoms with Crippen molar-refractivity contribution in [2.24, 2.45) is 9.98 Å². The zero-order valence-corrected chi connectivity index (χ0v) is 54.4. The number of benzene rings is 1. The minimum atomic E-state index is -0.231. The fraction of sp³-hybridized carbons (Fsp3) is 0.265. The number of thioether (sulfide) groups is 4. The van der Waals surface area contributed by atoms with Gasteiger partial charge in [-0.15, -0.1) is 45.3 Å². The average molecular weight is 1290 g/mol. The summed E-state index contributed by atoms with van der Waals surface area (Å²) in [6.45, 7) is 8.78. The molecule has 2 aliphatic heterocycles. The van der Waals surface area contributed by atoms with Gasteiger partial charge in [-0.2, -0.15) is 9.98 Å². The molecule has 12 heterocycles. The molecule has 2 amide bonds. The average Bonchev–Trinajstić information content (AvgIpc) is 1.68. The second-order valence-electron chi connectivity index (χ2n) is 21.2. The third-order valence-corrected chi connectivity index (χ3v) is 23.6. The predicted octanol–water partition coefficient (Wildman–Crippen LogP) is 23.9. The summed E-state index contributed by atoms with van der Waals surface area (Å²) in [6.07, 6.45) is 18.4. The van der Waals surface area contributed by atoms with Gasteiger partial charge in [-0.05, 0) is 136 Å². The molecule has 1 aromatic carbocycles. The van der Waals surface area contributed by atoms with E-state index < -0.39 is 0 Å². The summed E-state index contributed by atoms with van der Waals surface area (Å²) in [5.74, 6) is 8.63. The number of amides is 2. The molecule has 11 aromatic rings. The Morgan fingerprint density at radius 1 is 0.395 bits per heavy atom. The molecule has 10 nitrogen and oxygen atoms in total. The first-order valence-corrected chi connectivity index (χ1v) is 36.1. The first-order chi connectivity index (χ1) is 42.1. The molecule has 0 bridgehead atoms. The Morgan fingerprint density at radius 2 is 0.744 bits per heavy atom. The first-order valence-electron chi connectivity index (χ1n) is 29.2. The third-order valence-electron chi connectivity index (χ3n) is 14.8. The van der Waals surface area contributed by atoms with Crippen LogP contribution in [0.3, 0.4) is 0 Å². The highest BCUT2D eigenvalue weighted by Crippen LogP contribution is 2.55. The van der Waals surface area contributed by atoms with Gasteiger partial charge in [0.05, 0.1) is 19.6 Å². The molecule has 0 fully saturated rings. The number of furan rings is 6. The standard InChI is InChI=1S/C68H60N2O8S8/c1-5-7-9-11-13-15-33-79-67-69-65(71)59(85-67)35-41-19-21-45(73-41)47-23-25-49(75-47)51-27-29-53(77-51)57-37-43-61(55-31-17-39(3)81-55)64-44(62(63(43)83-57)56-32-18-40(4)82-56)38-58(84-64)54-30-28-52(78-54)50-26-24-48(76-50)46-22-20-42(74-46)36-60-66(72)70-68(86-60)80-34-16-14-12-10-8-6-2/h17-32,35-38H,5-16,33-34H2,1-4H3/b59-35-,60-36-. The van der Waals surface area contributed by atoms with E-state index in [4.69, 9.17) is 26.5 Å². The van der Waals surface area contributed by atoms with Crippen LogP contribution in [-0.4, -0.2) is 32.1 Å². The van der Waals surface area contributed by atoms with Crippen LogP contribution >= 0.6 is 92.4 Å². The highest BCUT2D eigenvalue weighted by Gasteiger charge is 2.28. The molecule has 2 aliphatic rings. The summed E-state index contributed by atoms with van der Waals surface area (Å²) in [6, 6.07) is 36.3. The molecule has 0 radical (unpaired) electrons. The molecule has 438 valence electrons. The molecule has 0 aliphatic carbocycles. The minimum Gasteiger partial charge on any atom is -0.453 e. The molecule has 0 unspecified atom stereocenters. The van der Waals surface area contributed by atoms with Gasteiger partial charge in [0, 0.05) is 74.5 Å². The van der Waals surface area contributed by atoms with E-state index in [-0.39, 0.29) is 11.8 Å². The summed E-state index contributed by atoms with van der Waals surface area (Å²) in [4.78, 5) is 42.2. The molecule has 0 saturated heterocycles. The molecule has 10 aromatic heterocycles. The van der Waals surface area contributed by atoms with Gasteiger partial charge in [0.15, 0.2) is 46.1 Å². The van der Waals surface area contributed by atoms with Gasteiger partial charge in [-0.3, -0.25) is 9.59 Å². The topological polar surface area (TPSA) is 138 Å². The normalized spacial score (nSPS) is 14.7. The molecule has 0 saturated carbocycles. The van der Waals surface area contributed by atoms with Crippen molar-refractivity contribution in [3.05, 3.63) is 140 Å². The zero-order chi connectivity index (χ0) is 58.7. The van der Waals surface area contributed by atoms with Crippen molar-refractivity contribution in [3.8, 4) is 88.2 Å². The van der Waals surface area contributed by atoms with Crippen LogP contribution in [-0.2, 0) is 9.59 Å². The maximum atomic E-state index is 12.8. The van der Waals surface area contributed by atoms with Crippen molar-refractivity contribution in [2.45, 2.75) is 105 Å². The number of thiophene rings is 4. The summed E-state index contributed by atoms with van der Waals surface area (Å²) < 4.78 is 42.4. The highest BCUT2D eigenvalue weighted by molar-refractivity contribution is 8.41. The number of fused-ring (bicyclic) bond motifs is 2. The lowest BCUT2D eigenvalue weighted by Gasteiger charge is -2.09. The Hall–Kier alpha value is -6.22. The third kappa shape index (κ3) is 13.0. The monoisotopic (exact) mass is 1290 g/mol.